The van der Waals surface area contributed by atoms with Crippen LogP contribution in [-0.2, 0) is 4.79 Å². The number of benzene rings is 1. The fourth-order valence-corrected chi connectivity index (χ4v) is 1.97. The van der Waals surface area contributed by atoms with Crippen molar-refractivity contribution < 1.29 is 19.0 Å². The first-order valence-corrected chi connectivity index (χ1v) is 6.88. The van der Waals surface area contributed by atoms with Crippen molar-refractivity contribution in [3.63, 3.8) is 0 Å². The summed E-state index contributed by atoms with van der Waals surface area (Å²) >= 11 is 0. The lowest BCUT2D eigenvalue weighted by Gasteiger charge is -2.12. The molecule has 1 aromatic carbocycles. The van der Waals surface area contributed by atoms with Crippen LogP contribution < -0.4 is 25.0 Å². The molecule has 0 aliphatic heterocycles. The summed E-state index contributed by atoms with van der Waals surface area (Å²) in [7, 11) is 3.04. The van der Waals surface area contributed by atoms with Crippen LogP contribution in [0.1, 0.15) is 5.69 Å². The topological polar surface area (TPSA) is 89.7 Å². The van der Waals surface area contributed by atoms with Crippen LogP contribution in [-0.4, -0.2) is 31.7 Å². The van der Waals surface area contributed by atoms with Gasteiger partial charge in [-0.25, -0.2) is 0 Å². The standard InChI is InChI=1S/C16H18N2O5/c1-10-16(13(19)6-7-17-10)23-9-15(20)18-12-5-4-11(21-2)8-14(12)22-3/h4-8H,9H2,1-3H3,(H,17,19)(H,18,20). The van der Waals surface area contributed by atoms with Crippen LogP contribution in [0.4, 0.5) is 5.69 Å². The Morgan fingerprint density at radius 3 is 2.65 bits per heavy atom. The third-order valence-electron chi connectivity index (χ3n) is 3.13. The molecule has 122 valence electrons. The van der Waals surface area contributed by atoms with Gasteiger partial charge in [-0.1, -0.05) is 0 Å². The number of H-pyrrole nitrogens is 1. The molecular weight excluding hydrogens is 300 g/mol. The first kappa shape index (κ1) is 16.4. The largest absolute Gasteiger partial charge is 0.497 e. The minimum atomic E-state index is -0.406. The number of amides is 1. The summed E-state index contributed by atoms with van der Waals surface area (Å²) in [6.07, 6.45) is 1.52. The molecule has 2 aromatic rings. The van der Waals surface area contributed by atoms with Gasteiger partial charge < -0.3 is 24.5 Å². The molecular formula is C16H18N2O5. The van der Waals surface area contributed by atoms with Crippen molar-refractivity contribution in [2.75, 3.05) is 26.1 Å². The number of aromatic amines is 1. The fourth-order valence-electron chi connectivity index (χ4n) is 1.97. The average molecular weight is 318 g/mol. The molecule has 7 nitrogen and oxygen atoms in total. The highest BCUT2D eigenvalue weighted by Gasteiger charge is 2.11. The van der Waals surface area contributed by atoms with E-state index in [1.54, 1.807) is 32.2 Å². The van der Waals surface area contributed by atoms with Gasteiger partial charge in [0.05, 0.1) is 25.6 Å². The average Bonchev–Trinajstić information content (AvgIpc) is 2.54. The van der Waals surface area contributed by atoms with Crippen molar-refractivity contribution in [2.45, 2.75) is 6.92 Å². The SMILES string of the molecule is COc1ccc(NC(=O)COc2c(C)[nH]ccc2=O)c(OC)c1. The summed E-state index contributed by atoms with van der Waals surface area (Å²) < 4.78 is 15.6. The zero-order valence-corrected chi connectivity index (χ0v) is 13.1. The van der Waals surface area contributed by atoms with Gasteiger partial charge >= 0.3 is 0 Å². The Balaban J connectivity index is 2.04. The second-order valence-corrected chi connectivity index (χ2v) is 4.70. The number of methoxy groups -OCH3 is 2. The minimum Gasteiger partial charge on any atom is -0.497 e. The molecule has 0 aliphatic carbocycles. The van der Waals surface area contributed by atoms with Crippen LogP contribution in [0.3, 0.4) is 0 Å². The lowest BCUT2D eigenvalue weighted by molar-refractivity contribution is -0.118. The first-order valence-electron chi connectivity index (χ1n) is 6.88. The summed E-state index contributed by atoms with van der Waals surface area (Å²) in [5.74, 6) is 0.800. The quantitative estimate of drug-likeness (QED) is 0.846. The third-order valence-corrected chi connectivity index (χ3v) is 3.13. The van der Waals surface area contributed by atoms with Crippen LogP contribution >= 0.6 is 0 Å². The lowest BCUT2D eigenvalue weighted by atomic mass is 10.2. The summed E-state index contributed by atoms with van der Waals surface area (Å²) in [5.41, 5.74) is 0.768. The molecule has 2 N–H and O–H groups in total. The van der Waals surface area contributed by atoms with Gasteiger partial charge in [0.25, 0.3) is 5.91 Å². The molecule has 23 heavy (non-hydrogen) atoms. The van der Waals surface area contributed by atoms with Crippen molar-refractivity contribution in [3.05, 3.63) is 46.4 Å². The molecule has 0 radical (unpaired) electrons. The van der Waals surface area contributed by atoms with E-state index in [9.17, 15) is 9.59 Å². The van der Waals surface area contributed by atoms with E-state index in [1.807, 2.05) is 0 Å². The highest BCUT2D eigenvalue weighted by atomic mass is 16.5. The smallest absolute Gasteiger partial charge is 0.262 e. The van der Waals surface area contributed by atoms with Crippen LogP contribution in [0.2, 0.25) is 0 Å². The summed E-state index contributed by atoms with van der Waals surface area (Å²) in [5, 5.41) is 2.67. The Morgan fingerprint density at radius 2 is 2.00 bits per heavy atom. The number of pyridine rings is 1. The van der Waals surface area contributed by atoms with E-state index < -0.39 is 5.91 Å². The molecule has 0 bridgehead atoms. The zero-order chi connectivity index (χ0) is 16.8. The molecule has 7 heteroatoms. The predicted octanol–water partition coefficient (Wildman–Crippen LogP) is 1.72. The molecule has 1 aromatic heterocycles. The molecule has 0 saturated carbocycles. The van der Waals surface area contributed by atoms with Gasteiger partial charge in [-0.05, 0) is 19.1 Å². The molecule has 0 unspecified atom stereocenters. The molecule has 1 amide bonds. The van der Waals surface area contributed by atoms with Crippen molar-refractivity contribution in [1.82, 2.24) is 4.98 Å². The number of anilines is 1. The predicted molar refractivity (Wildman–Crippen MR) is 85.5 cm³/mol. The maximum atomic E-state index is 12.0. The monoisotopic (exact) mass is 318 g/mol. The number of rotatable bonds is 6. The maximum Gasteiger partial charge on any atom is 0.262 e. The number of hydrogen-bond donors (Lipinski definition) is 2. The van der Waals surface area contributed by atoms with E-state index in [1.165, 1.54) is 19.4 Å². The van der Waals surface area contributed by atoms with Crippen molar-refractivity contribution in [3.8, 4) is 17.2 Å². The molecule has 2 rings (SSSR count). The van der Waals surface area contributed by atoms with Gasteiger partial charge in [0, 0.05) is 18.3 Å². The van der Waals surface area contributed by atoms with Crippen LogP contribution in [0.25, 0.3) is 0 Å². The molecule has 0 atom stereocenters. The van der Waals surface area contributed by atoms with Crippen LogP contribution in [0.5, 0.6) is 17.2 Å². The van der Waals surface area contributed by atoms with E-state index in [2.05, 4.69) is 10.3 Å². The van der Waals surface area contributed by atoms with E-state index in [-0.39, 0.29) is 17.8 Å². The number of carbonyl (C=O) groups excluding carboxylic acids is 1. The summed E-state index contributed by atoms with van der Waals surface area (Å²) in [6, 6.07) is 6.36. The molecule has 0 saturated heterocycles. The van der Waals surface area contributed by atoms with Gasteiger partial charge in [0.15, 0.2) is 12.4 Å². The maximum absolute atomic E-state index is 12.0. The first-order chi connectivity index (χ1) is 11.0. The van der Waals surface area contributed by atoms with Crippen molar-refractivity contribution >= 4 is 11.6 Å². The van der Waals surface area contributed by atoms with Gasteiger partial charge in [0.2, 0.25) is 5.43 Å². The Kier molecular flexibility index (Phi) is 5.24. The molecule has 1 heterocycles. The minimum absolute atomic E-state index is 0.129. The van der Waals surface area contributed by atoms with Crippen LogP contribution in [0, 0.1) is 6.92 Å². The highest BCUT2D eigenvalue weighted by Crippen LogP contribution is 2.28. The second kappa shape index (κ2) is 7.35. The summed E-state index contributed by atoms with van der Waals surface area (Å²) in [4.78, 5) is 26.5. The number of nitrogens with one attached hydrogen (secondary N) is 2. The highest BCUT2D eigenvalue weighted by molar-refractivity contribution is 5.93. The van der Waals surface area contributed by atoms with Gasteiger partial charge in [-0.2, -0.15) is 0 Å². The third kappa shape index (κ3) is 4.03. The Morgan fingerprint density at radius 1 is 1.22 bits per heavy atom. The molecule has 0 aliphatic rings. The Labute approximate surface area is 133 Å². The lowest BCUT2D eigenvalue weighted by Crippen LogP contribution is -2.23. The number of ether oxygens (including phenoxy) is 3. The molecule has 0 spiro atoms. The summed E-state index contributed by atoms with van der Waals surface area (Å²) in [6.45, 7) is 1.41. The van der Waals surface area contributed by atoms with Crippen molar-refractivity contribution in [2.24, 2.45) is 0 Å². The number of hydrogen-bond acceptors (Lipinski definition) is 5. The van der Waals surface area contributed by atoms with E-state index in [4.69, 9.17) is 14.2 Å². The van der Waals surface area contributed by atoms with Gasteiger partial charge in [0.1, 0.15) is 11.5 Å². The number of aromatic nitrogens is 1. The number of aryl methyl sites for hydroxylation is 1. The Hall–Kier alpha value is -2.96. The number of carbonyl (C=O) groups is 1. The normalized spacial score (nSPS) is 10.0. The molecule has 0 fully saturated rings. The zero-order valence-electron chi connectivity index (χ0n) is 13.1. The fraction of sp³-hybridized carbons (Fsp3) is 0.250. The Bertz CT molecular complexity index is 754. The van der Waals surface area contributed by atoms with Crippen LogP contribution in [0.15, 0.2) is 35.3 Å². The van der Waals surface area contributed by atoms with Gasteiger partial charge in [-0.3, -0.25) is 9.59 Å². The van der Waals surface area contributed by atoms with Gasteiger partial charge in [-0.15, -0.1) is 0 Å². The van der Waals surface area contributed by atoms with E-state index in [0.29, 0.717) is 22.9 Å². The van der Waals surface area contributed by atoms with Crippen molar-refractivity contribution in [1.29, 1.82) is 0 Å². The van der Waals surface area contributed by atoms with E-state index in [0.717, 1.165) is 0 Å². The second-order valence-electron chi connectivity index (χ2n) is 4.70. The van der Waals surface area contributed by atoms with E-state index >= 15 is 0 Å².